The molecule has 0 saturated carbocycles. The fourth-order valence-electron chi connectivity index (χ4n) is 3.67. The number of aryl methyl sites for hydroxylation is 3. The lowest BCUT2D eigenvalue weighted by Gasteiger charge is -2.20. The first-order chi connectivity index (χ1) is 10.7. The summed E-state index contributed by atoms with van der Waals surface area (Å²) in [5.41, 5.74) is 6.54. The Morgan fingerprint density at radius 3 is 2.64 bits per heavy atom. The van der Waals surface area contributed by atoms with Gasteiger partial charge in [0.25, 0.3) is 0 Å². The maximum absolute atomic E-state index is 5.62. The summed E-state index contributed by atoms with van der Waals surface area (Å²) in [6.45, 7) is 3.18. The SMILES string of the molecule is COc1cc(OC)c2c(C)c3n(c2c1)CCc1ccccc1-3. The van der Waals surface area contributed by atoms with Crippen LogP contribution in [0.4, 0.5) is 0 Å². The molecule has 22 heavy (non-hydrogen) atoms. The van der Waals surface area contributed by atoms with Crippen molar-refractivity contribution in [3.8, 4) is 22.8 Å². The summed E-state index contributed by atoms with van der Waals surface area (Å²) >= 11 is 0. The molecule has 2 aromatic carbocycles. The van der Waals surface area contributed by atoms with Gasteiger partial charge in [-0.3, -0.25) is 0 Å². The highest BCUT2D eigenvalue weighted by molar-refractivity contribution is 5.97. The van der Waals surface area contributed by atoms with Crippen molar-refractivity contribution in [1.29, 1.82) is 0 Å². The van der Waals surface area contributed by atoms with Crippen LogP contribution in [-0.4, -0.2) is 18.8 Å². The standard InChI is InChI=1S/C19H19NO2/c1-12-18-16(10-14(21-2)11-17(18)22-3)20-9-8-13-6-4-5-7-15(13)19(12)20/h4-7,10-11H,8-9H2,1-3H3. The molecule has 2 heterocycles. The van der Waals surface area contributed by atoms with Gasteiger partial charge >= 0.3 is 0 Å². The summed E-state index contributed by atoms with van der Waals surface area (Å²) < 4.78 is 13.5. The minimum Gasteiger partial charge on any atom is -0.497 e. The van der Waals surface area contributed by atoms with Crippen molar-refractivity contribution >= 4 is 10.9 Å². The highest BCUT2D eigenvalue weighted by Crippen LogP contribution is 2.43. The Kier molecular flexibility index (Phi) is 2.89. The Morgan fingerprint density at radius 1 is 1.05 bits per heavy atom. The molecular weight excluding hydrogens is 274 g/mol. The second-order valence-corrected chi connectivity index (χ2v) is 5.76. The van der Waals surface area contributed by atoms with Crippen LogP contribution < -0.4 is 9.47 Å². The van der Waals surface area contributed by atoms with Gasteiger partial charge < -0.3 is 14.0 Å². The molecule has 1 aliphatic heterocycles. The number of nitrogens with zero attached hydrogens (tertiary/aromatic N) is 1. The topological polar surface area (TPSA) is 23.4 Å². The van der Waals surface area contributed by atoms with Crippen LogP contribution in [0.1, 0.15) is 11.1 Å². The first kappa shape index (κ1) is 13.3. The summed E-state index contributed by atoms with van der Waals surface area (Å²) in [5.74, 6) is 1.72. The first-order valence-electron chi connectivity index (χ1n) is 7.57. The molecule has 0 spiro atoms. The summed E-state index contributed by atoms with van der Waals surface area (Å²) in [6, 6.07) is 12.8. The zero-order chi connectivity index (χ0) is 15.3. The minimum absolute atomic E-state index is 0.837. The fourth-order valence-corrected chi connectivity index (χ4v) is 3.67. The molecule has 112 valence electrons. The number of benzene rings is 2. The van der Waals surface area contributed by atoms with Crippen molar-refractivity contribution in [3.63, 3.8) is 0 Å². The molecule has 0 atom stereocenters. The van der Waals surface area contributed by atoms with Crippen LogP contribution in [0, 0.1) is 6.92 Å². The maximum atomic E-state index is 5.62. The average Bonchev–Trinajstić information content (AvgIpc) is 2.87. The monoisotopic (exact) mass is 293 g/mol. The maximum Gasteiger partial charge on any atom is 0.132 e. The lowest BCUT2D eigenvalue weighted by molar-refractivity contribution is 0.397. The summed E-state index contributed by atoms with van der Waals surface area (Å²) in [5, 5.41) is 1.19. The Bertz CT molecular complexity index is 877. The van der Waals surface area contributed by atoms with E-state index in [4.69, 9.17) is 9.47 Å². The number of methoxy groups -OCH3 is 2. The molecule has 0 bridgehead atoms. The van der Waals surface area contributed by atoms with Crippen LogP contribution in [0.2, 0.25) is 0 Å². The lowest BCUT2D eigenvalue weighted by Crippen LogP contribution is -2.10. The van der Waals surface area contributed by atoms with Crippen molar-refractivity contribution in [3.05, 3.63) is 47.5 Å². The summed E-state index contributed by atoms with van der Waals surface area (Å²) in [6.07, 6.45) is 1.06. The Morgan fingerprint density at radius 2 is 1.86 bits per heavy atom. The Balaban J connectivity index is 2.12. The minimum atomic E-state index is 0.837. The number of hydrogen-bond acceptors (Lipinski definition) is 2. The third-order valence-corrected chi connectivity index (χ3v) is 4.68. The average molecular weight is 293 g/mol. The molecule has 1 aromatic heterocycles. The van der Waals surface area contributed by atoms with Gasteiger partial charge in [-0.15, -0.1) is 0 Å². The quantitative estimate of drug-likeness (QED) is 0.707. The predicted molar refractivity (Wildman–Crippen MR) is 88.9 cm³/mol. The van der Waals surface area contributed by atoms with Crippen LogP contribution >= 0.6 is 0 Å². The fraction of sp³-hybridized carbons (Fsp3) is 0.263. The highest BCUT2D eigenvalue weighted by atomic mass is 16.5. The van der Waals surface area contributed by atoms with Gasteiger partial charge in [0, 0.05) is 29.6 Å². The molecule has 3 nitrogen and oxygen atoms in total. The van der Waals surface area contributed by atoms with E-state index < -0.39 is 0 Å². The van der Waals surface area contributed by atoms with Gasteiger partial charge in [-0.2, -0.15) is 0 Å². The Hall–Kier alpha value is -2.42. The van der Waals surface area contributed by atoms with Crippen molar-refractivity contribution in [2.45, 2.75) is 19.9 Å². The number of ether oxygens (including phenoxy) is 2. The highest BCUT2D eigenvalue weighted by Gasteiger charge is 2.24. The number of aromatic nitrogens is 1. The van der Waals surface area contributed by atoms with Gasteiger partial charge in [0.1, 0.15) is 11.5 Å². The van der Waals surface area contributed by atoms with Crippen LogP contribution in [0.3, 0.4) is 0 Å². The van der Waals surface area contributed by atoms with Crippen LogP contribution in [0.5, 0.6) is 11.5 Å². The number of hydrogen-bond donors (Lipinski definition) is 0. The first-order valence-corrected chi connectivity index (χ1v) is 7.57. The molecule has 0 aliphatic carbocycles. The van der Waals surface area contributed by atoms with Crippen LogP contribution in [0.25, 0.3) is 22.2 Å². The molecular formula is C19H19NO2. The van der Waals surface area contributed by atoms with Gasteiger partial charge in [-0.05, 0) is 24.5 Å². The summed E-state index contributed by atoms with van der Waals surface area (Å²) in [7, 11) is 3.42. The van der Waals surface area contributed by atoms with Gasteiger partial charge in [0.05, 0.1) is 25.4 Å². The third-order valence-electron chi connectivity index (χ3n) is 4.68. The van der Waals surface area contributed by atoms with E-state index in [1.165, 1.54) is 33.3 Å². The van der Waals surface area contributed by atoms with E-state index in [-0.39, 0.29) is 0 Å². The van der Waals surface area contributed by atoms with E-state index in [9.17, 15) is 0 Å². The van der Waals surface area contributed by atoms with E-state index >= 15 is 0 Å². The smallest absolute Gasteiger partial charge is 0.132 e. The van der Waals surface area contributed by atoms with Gasteiger partial charge in [-0.25, -0.2) is 0 Å². The predicted octanol–water partition coefficient (Wildman–Crippen LogP) is 4.19. The molecule has 4 rings (SSSR count). The Labute approximate surface area is 130 Å². The largest absolute Gasteiger partial charge is 0.497 e. The van der Waals surface area contributed by atoms with Crippen LogP contribution in [0.15, 0.2) is 36.4 Å². The molecule has 0 unspecified atom stereocenters. The molecule has 1 aliphatic rings. The van der Waals surface area contributed by atoms with Gasteiger partial charge in [0.2, 0.25) is 0 Å². The zero-order valence-corrected chi connectivity index (χ0v) is 13.1. The molecule has 0 radical (unpaired) electrons. The van der Waals surface area contributed by atoms with Gasteiger partial charge in [-0.1, -0.05) is 24.3 Å². The van der Waals surface area contributed by atoms with Gasteiger partial charge in [0.15, 0.2) is 0 Å². The molecule has 3 aromatic rings. The third kappa shape index (κ3) is 1.68. The van der Waals surface area contributed by atoms with Crippen molar-refractivity contribution in [2.75, 3.05) is 14.2 Å². The van der Waals surface area contributed by atoms with Crippen molar-refractivity contribution < 1.29 is 9.47 Å². The van der Waals surface area contributed by atoms with Crippen molar-refractivity contribution in [1.82, 2.24) is 4.57 Å². The summed E-state index contributed by atoms with van der Waals surface area (Å²) in [4.78, 5) is 0. The van der Waals surface area contributed by atoms with E-state index in [0.29, 0.717) is 0 Å². The molecule has 0 amide bonds. The molecule has 0 N–H and O–H groups in total. The van der Waals surface area contributed by atoms with E-state index in [0.717, 1.165) is 24.5 Å². The van der Waals surface area contributed by atoms with Crippen LogP contribution in [-0.2, 0) is 13.0 Å². The second kappa shape index (κ2) is 4.80. The number of rotatable bonds is 2. The van der Waals surface area contributed by atoms with E-state index in [1.54, 1.807) is 14.2 Å². The zero-order valence-electron chi connectivity index (χ0n) is 13.1. The molecule has 0 saturated heterocycles. The lowest BCUT2D eigenvalue weighted by atomic mass is 9.96. The van der Waals surface area contributed by atoms with Crippen molar-refractivity contribution in [2.24, 2.45) is 0 Å². The molecule has 3 heteroatoms. The van der Waals surface area contributed by atoms with E-state index in [1.807, 2.05) is 6.07 Å². The normalized spacial score (nSPS) is 12.9. The molecule has 0 fully saturated rings. The number of fused-ring (bicyclic) bond motifs is 5. The van der Waals surface area contributed by atoms with E-state index in [2.05, 4.69) is 41.8 Å². The second-order valence-electron chi connectivity index (χ2n) is 5.76.